The van der Waals surface area contributed by atoms with Crippen molar-refractivity contribution in [1.82, 2.24) is 0 Å². The molecule has 0 aromatic heterocycles. The second-order valence-corrected chi connectivity index (χ2v) is 2.33. The minimum Gasteiger partial charge on any atom is -0.469 e. The van der Waals surface area contributed by atoms with Crippen molar-refractivity contribution in [3.8, 4) is 0 Å². The molecule has 1 unspecified atom stereocenters. The third-order valence-corrected chi connectivity index (χ3v) is 1.36. The predicted octanol–water partition coefficient (Wildman–Crippen LogP) is 0.540. The number of rotatable bonds is 5. The largest absolute Gasteiger partial charge is 0.469 e. The molecular formula is C7H12F2O4. The van der Waals surface area contributed by atoms with Gasteiger partial charge in [0.1, 0.15) is 6.42 Å². The highest BCUT2D eigenvalue weighted by atomic mass is 19.3. The molecule has 0 saturated heterocycles. The van der Waals surface area contributed by atoms with Gasteiger partial charge in [-0.2, -0.15) is 0 Å². The molecule has 0 bridgehead atoms. The van der Waals surface area contributed by atoms with Crippen molar-refractivity contribution in [2.75, 3.05) is 13.7 Å². The SMILES string of the molecule is CCOC(O)(CC(=O)OC)C(F)F. The summed E-state index contributed by atoms with van der Waals surface area (Å²) in [7, 11) is 1.04. The molecule has 1 atom stereocenters. The summed E-state index contributed by atoms with van der Waals surface area (Å²) >= 11 is 0. The van der Waals surface area contributed by atoms with E-state index < -0.39 is 24.6 Å². The van der Waals surface area contributed by atoms with E-state index in [0.29, 0.717) is 0 Å². The smallest absolute Gasteiger partial charge is 0.311 e. The molecular weight excluding hydrogens is 186 g/mol. The lowest BCUT2D eigenvalue weighted by Gasteiger charge is -2.25. The third-order valence-electron chi connectivity index (χ3n) is 1.36. The van der Waals surface area contributed by atoms with Crippen LogP contribution in [0.15, 0.2) is 0 Å². The van der Waals surface area contributed by atoms with Crippen molar-refractivity contribution in [1.29, 1.82) is 0 Å². The Balaban J connectivity index is 4.31. The van der Waals surface area contributed by atoms with Gasteiger partial charge in [0.2, 0.25) is 5.79 Å². The zero-order valence-electron chi connectivity index (χ0n) is 7.42. The van der Waals surface area contributed by atoms with E-state index in [1.165, 1.54) is 6.92 Å². The van der Waals surface area contributed by atoms with Crippen molar-refractivity contribution < 1.29 is 28.2 Å². The molecule has 6 heteroatoms. The van der Waals surface area contributed by atoms with Crippen LogP contribution in [-0.2, 0) is 14.3 Å². The van der Waals surface area contributed by atoms with Crippen LogP contribution in [0, 0.1) is 0 Å². The maximum absolute atomic E-state index is 12.2. The first-order chi connectivity index (χ1) is 5.96. The summed E-state index contributed by atoms with van der Waals surface area (Å²) in [6.45, 7) is 1.32. The van der Waals surface area contributed by atoms with Crippen LogP contribution in [0.1, 0.15) is 13.3 Å². The van der Waals surface area contributed by atoms with Crippen molar-refractivity contribution in [3.05, 3.63) is 0 Å². The van der Waals surface area contributed by atoms with Gasteiger partial charge in [0, 0.05) is 6.61 Å². The second-order valence-electron chi connectivity index (χ2n) is 2.33. The number of ether oxygens (including phenoxy) is 2. The van der Waals surface area contributed by atoms with E-state index in [9.17, 15) is 13.6 Å². The first-order valence-corrected chi connectivity index (χ1v) is 3.67. The summed E-state index contributed by atoms with van der Waals surface area (Å²) in [4.78, 5) is 10.6. The van der Waals surface area contributed by atoms with Crippen LogP contribution in [0.3, 0.4) is 0 Å². The number of hydrogen-bond acceptors (Lipinski definition) is 4. The topological polar surface area (TPSA) is 55.8 Å². The molecule has 0 spiro atoms. The molecule has 1 N–H and O–H groups in total. The standard InChI is InChI=1S/C7H12F2O4/c1-3-13-7(11,6(8)9)4-5(10)12-2/h6,11H,3-4H2,1-2H3. The Morgan fingerprint density at radius 2 is 2.15 bits per heavy atom. The minimum atomic E-state index is -3.15. The van der Waals surface area contributed by atoms with Crippen molar-refractivity contribution >= 4 is 5.97 Å². The fourth-order valence-corrected chi connectivity index (χ4v) is 0.720. The highest BCUT2D eigenvalue weighted by Crippen LogP contribution is 2.21. The Hall–Kier alpha value is -0.750. The Morgan fingerprint density at radius 1 is 1.62 bits per heavy atom. The van der Waals surface area contributed by atoms with Gasteiger partial charge >= 0.3 is 5.97 Å². The number of carbonyl (C=O) groups is 1. The zero-order valence-corrected chi connectivity index (χ0v) is 7.42. The number of methoxy groups -OCH3 is 1. The molecule has 0 aliphatic rings. The van der Waals surface area contributed by atoms with Gasteiger partial charge < -0.3 is 14.6 Å². The van der Waals surface area contributed by atoms with E-state index >= 15 is 0 Å². The molecule has 0 radical (unpaired) electrons. The van der Waals surface area contributed by atoms with Crippen molar-refractivity contribution in [2.24, 2.45) is 0 Å². The van der Waals surface area contributed by atoms with Crippen LogP contribution in [0.4, 0.5) is 8.78 Å². The van der Waals surface area contributed by atoms with Crippen LogP contribution in [0.5, 0.6) is 0 Å². The molecule has 0 aliphatic heterocycles. The van der Waals surface area contributed by atoms with Crippen LogP contribution in [0.2, 0.25) is 0 Å². The van der Waals surface area contributed by atoms with Gasteiger partial charge in [0.05, 0.1) is 7.11 Å². The van der Waals surface area contributed by atoms with Gasteiger partial charge in [-0.05, 0) is 6.92 Å². The summed E-state index contributed by atoms with van der Waals surface area (Å²) in [5.74, 6) is -3.68. The first kappa shape index (κ1) is 12.2. The highest BCUT2D eigenvalue weighted by molar-refractivity contribution is 5.70. The van der Waals surface area contributed by atoms with E-state index in [1.807, 2.05) is 0 Å². The van der Waals surface area contributed by atoms with E-state index in [4.69, 9.17) is 5.11 Å². The summed E-state index contributed by atoms with van der Waals surface area (Å²) in [5.41, 5.74) is 0. The lowest BCUT2D eigenvalue weighted by Crippen LogP contribution is -2.42. The van der Waals surface area contributed by atoms with E-state index in [-0.39, 0.29) is 6.61 Å². The van der Waals surface area contributed by atoms with Crippen molar-refractivity contribution in [2.45, 2.75) is 25.6 Å². The fraction of sp³-hybridized carbons (Fsp3) is 0.857. The number of carbonyl (C=O) groups excluding carboxylic acids is 1. The Morgan fingerprint density at radius 3 is 2.46 bits per heavy atom. The van der Waals surface area contributed by atoms with Gasteiger partial charge in [-0.3, -0.25) is 4.79 Å². The van der Waals surface area contributed by atoms with Gasteiger partial charge in [-0.1, -0.05) is 0 Å². The number of hydrogen-bond donors (Lipinski definition) is 1. The molecule has 78 valence electrons. The minimum absolute atomic E-state index is 0.113. The van der Waals surface area contributed by atoms with Crippen LogP contribution in [0.25, 0.3) is 0 Å². The van der Waals surface area contributed by atoms with Gasteiger partial charge in [-0.25, -0.2) is 8.78 Å². The number of aliphatic hydroxyl groups is 1. The summed E-state index contributed by atoms with van der Waals surface area (Å²) < 4.78 is 32.9. The maximum Gasteiger partial charge on any atom is 0.311 e. The summed E-state index contributed by atoms with van der Waals surface area (Å²) in [6, 6.07) is 0. The summed E-state index contributed by atoms with van der Waals surface area (Å²) in [5, 5.41) is 9.12. The number of alkyl halides is 2. The molecule has 0 fully saturated rings. The van der Waals surface area contributed by atoms with E-state index in [1.54, 1.807) is 0 Å². The molecule has 0 aliphatic carbocycles. The zero-order chi connectivity index (χ0) is 10.5. The molecule has 13 heavy (non-hydrogen) atoms. The molecule has 4 nitrogen and oxygen atoms in total. The highest BCUT2D eigenvalue weighted by Gasteiger charge is 2.41. The molecule has 0 amide bonds. The fourth-order valence-electron chi connectivity index (χ4n) is 0.720. The quantitative estimate of drug-likeness (QED) is 0.517. The lowest BCUT2D eigenvalue weighted by atomic mass is 10.2. The van der Waals surface area contributed by atoms with Crippen LogP contribution >= 0.6 is 0 Å². The molecule has 0 heterocycles. The Kier molecular flexibility index (Phi) is 4.79. The number of esters is 1. The maximum atomic E-state index is 12.2. The molecule has 0 rings (SSSR count). The van der Waals surface area contributed by atoms with Crippen molar-refractivity contribution in [3.63, 3.8) is 0 Å². The van der Waals surface area contributed by atoms with Gasteiger partial charge in [0.15, 0.2) is 0 Å². The second kappa shape index (κ2) is 5.08. The average molecular weight is 198 g/mol. The Labute approximate surface area is 74.4 Å². The normalized spacial score (nSPS) is 15.5. The molecule has 0 aromatic carbocycles. The monoisotopic (exact) mass is 198 g/mol. The van der Waals surface area contributed by atoms with Gasteiger partial charge in [0.25, 0.3) is 6.43 Å². The van der Waals surface area contributed by atoms with Gasteiger partial charge in [-0.15, -0.1) is 0 Å². The third kappa shape index (κ3) is 3.65. The molecule has 0 aromatic rings. The van der Waals surface area contributed by atoms with E-state index in [2.05, 4.69) is 9.47 Å². The first-order valence-electron chi connectivity index (χ1n) is 3.67. The lowest BCUT2D eigenvalue weighted by molar-refractivity contribution is -0.269. The summed E-state index contributed by atoms with van der Waals surface area (Å²) in [6.07, 6.45) is -4.03. The van der Waals surface area contributed by atoms with Crippen LogP contribution < -0.4 is 0 Å². The number of halogens is 2. The average Bonchev–Trinajstić information content (AvgIpc) is 2.04. The van der Waals surface area contributed by atoms with Crippen LogP contribution in [-0.4, -0.2) is 37.0 Å². The van der Waals surface area contributed by atoms with E-state index in [0.717, 1.165) is 7.11 Å². The Bertz CT molecular complexity index is 174. The predicted molar refractivity (Wildman–Crippen MR) is 39.2 cm³/mol. The molecule has 0 saturated carbocycles.